The predicted molar refractivity (Wildman–Crippen MR) is 89.7 cm³/mol. The summed E-state index contributed by atoms with van der Waals surface area (Å²) in [5, 5.41) is 10.9. The lowest BCUT2D eigenvalue weighted by Crippen LogP contribution is -2.30. The normalized spacial score (nSPS) is 18.3. The van der Waals surface area contributed by atoms with E-state index in [1.165, 1.54) is 5.56 Å². The van der Waals surface area contributed by atoms with Crippen LogP contribution in [0, 0.1) is 6.92 Å². The van der Waals surface area contributed by atoms with E-state index < -0.39 is 5.97 Å². The van der Waals surface area contributed by atoms with E-state index in [0.717, 1.165) is 48.9 Å². The van der Waals surface area contributed by atoms with Crippen molar-refractivity contribution in [3.8, 4) is 0 Å². The molecule has 2 aromatic rings. The number of hydrogen-bond acceptors (Lipinski definition) is 4. The predicted octanol–water partition coefficient (Wildman–Crippen LogP) is 2.37. The van der Waals surface area contributed by atoms with Gasteiger partial charge in [-0.3, -0.25) is 5.10 Å². The van der Waals surface area contributed by atoms with Crippen LogP contribution >= 0.6 is 0 Å². The Morgan fingerprint density at radius 3 is 2.88 bits per heavy atom. The van der Waals surface area contributed by atoms with Gasteiger partial charge in [-0.25, -0.2) is 4.79 Å². The number of carbonyl (C=O) groups is 1. The minimum absolute atomic E-state index is 0.293. The Morgan fingerprint density at radius 2 is 2.12 bits per heavy atom. The number of nitrogens with zero attached hydrogens (tertiary/aromatic N) is 2. The molecular weight excluding hydrogens is 304 g/mol. The highest BCUT2D eigenvalue weighted by Gasteiger charge is 2.49. The zero-order valence-corrected chi connectivity index (χ0v) is 13.6. The van der Waals surface area contributed by atoms with Crippen LogP contribution in [0.4, 0.5) is 0 Å². The second-order valence-corrected chi connectivity index (χ2v) is 6.64. The van der Waals surface area contributed by atoms with Crippen molar-refractivity contribution in [2.45, 2.75) is 44.4 Å². The number of amidine groups is 1. The quantitative estimate of drug-likeness (QED) is 0.391. The first-order chi connectivity index (χ1) is 11.6. The molecule has 1 aromatic carbocycles. The van der Waals surface area contributed by atoms with Crippen LogP contribution in [0.25, 0.3) is 0 Å². The summed E-state index contributed by atoms with van der Waals surface area (Å²) in [6.45, 7) is 2.06. The number of oxime groups is 1. The monoisotopic (exact) mass is 324 g/mol. The molecule has 6 nitrogen and oxygen atoms in total. The number of aryl methyl sites for hydroxylation is 2. The van der Waals surface area contributed by atoms with Crippen LogP contribution in [0.5, 0.6) is 0 Å². The van der Waals surface area contributed by atoms with Crippen molar-refractivity contribution >= 4 is 11.8 Å². The molecule has 0 radical (unpaired) electrons. The van der Waals surface area contributed by atoms with Gasteiger partial charge in [0.1, 0.15) is 0 Å². The van der Waals surface area contributed by atoms with Gasteiger partial charge in [0.15, 0.2) is 11.5 Å². The standard InChI is InChI=1S/C18H20N4O2/c1-11-5-2-3-7-13(11)18(9-10-18)17(19)22-24-16(23)15-12-6-4-8-14(12)20-21-15/h2-3,5,7H,4,6,8-10H2,1H3,(H2,19,22)(H,20,21). The van der Waals surface area contributed by atoms with Gasteiger partial charge >= 0.3 is 5.97 Å². The average molecular weight is 324 g/mol. The summed E-state index contributed by atoms with van der Waals surface area (Å²) in [6.07, 6.45) is 4.65. The second-order valence-electron chi connectivity index (χ2n) is 6.64. The zero-order chi connectivity index (χ0) is 16.7. The Morgan fingerprint density at radius 1 is 1.33 bits per heavy atom. The molecule has 2 aliphatic carbocycles. The molecule has 0 aliphatic heterocycles. The molecule has 1 fully saturated rings. The number of rotatable bonds is 4. The second kappa shape index (κ2) is 5.47. The van der Waals surface area contributed by atoms with Crippen LogP contribution in [0.3, 0.4) is 0 Å². The van der Waals surface area contributed by atoms with E-state index >= 15 is 0 Å². The van der Waals surface area contributed by atoms with Gasteiger partial charge in [0.2, 0.25) is 0 Å². The molecule has 6 heteroatoms. The number of fused-ring (bicyclic) bond motifs is 1. The zero-order valence-electron chi connectivity index (χ0n) is 13.6. The van der Waals surface area contributed by atoms with Crippen LogP contribution in [0.2, 0.25) is 0 Å². The maximum atomic E-state index is 12.3. The van der Waals surface area contributed by atoms with Crippen LogP contribution < -0.4 is 5.73 Å². The molecule has 0 atom stereocenters. The molecule has 1 aromatic heterocycles. The van der Waals surface area contributed by atoms with E-state index in [1.807, 2.05) is 12.1 Å². The lowest BCUT2D eigenvalue weighted by Gasteiger charge is -2.16. The van der Waals surface area contributed by atoms with Crippen LogP contribution in [-0.2, 0) is 23.1 Å². The summed E-state index contributed by atoms with van der Waals surface area (Å²) in [5.74, 6) is -0.185. The number of benzene rings is 1. The largest absolute Gasteiger partial charge is 0.386 e. The number of aromatic nitrogens is 2. The summed E-state index contributed by atoms with van der Waals surface area (Å²) >= 11 is 0. The number of H-pyrrole nitrogens is 1. The van der Waals surface area contributed by atoms with Crippen LogP contribution in [0.1, 0.15) is 52.1 Å². The van der Waals surface area contributed by atoms with Crippen molar-refractivity contribution in [3.05, 3.63) is 52.3 Å². The first-order valence-corrected chi connectivity index (χ1v) is 8.29. The Balaban J connectivity index is 1.54. The number of hydrogen-bond donors (Lipinski definition) is 2. The van der Waals surface area contributed by atoms with E-state index in [1.54, 1.807) is 0 Å². The summed E-state index contributed by atoms with van der Waals surface area (Å²) in [5.41, 5.74) is 10.5. The van der Waals surface area contributed by atoms with Crippen molar-refractivity contribution < 1.29 is 9.63 Å². The van der Waals surface area contributed by atoms with Crippen LogP contribution in [0.15, 0.2) is 29.4 Å². The average Bonchev–Trinajstić information content (AvgIpc) is 3.08. The van der Waals surface area contributed by atoms with Gasteiger partial charge in [-0.1, -0.05) is 29.4 Å². The van der Waals surface area contributed by atoms with E-state index in [-0.39, 0.29) is 5.41 Å². The summed E-state index contributed by atoms with van der Waals surface area (Å²) < 4.78 is 0. The molecule has 1 heterocycles. The molecule has 0 saturated heterocycles. The third-order valence-electron chi connectivity index (χ3n) is 5.13. The molecule has 4 rings (SSSR count). The number of nitrogens with two attached hydrogens (primary N) is 1. The Bertz CT molecular complexity index is 833. The number of aromatic amines is 1. The highest BCUT2D eigenvalue weighted by Crippen LogP contribution is 2.49. The first-order valence-electron chi connectivity index (χ1n) is 8.29. The van der Waals surface area contributed by atoms with E-state index in [4.69, 9.17) is 10.6 Å². The molecule has 3 N–H and O–H groups in total. The minimum atomic E-state index is -0.544. The molecule has 0 amide bonds. The maximum Gasteiger partial charge on any atom is 0.386 e. The molecule has 1 saturated carbocycles. The van der Waals surface area contributed by atoms with Crippen molar-refractivity contribution in [1.82, 2.24) is 10.2 Å². The fraction of sp³-hybridized carbons (Fsp3) is 0.389. The first kappa shape index (κ1) is 14.9. The van der Waals surface area contributed by atoms with Gasteiger partial charge in [0.05, 0.1) is 5.41 Å². The summed E-state index contributed by atoms with van der Waals surface area (Å²) in [7, 11) is 0. The van der Waals surface area contributed by atoms with Gasteiger partial charge in [-0.05, 0) is 50.2 Å². The smallest absolute Gasteiger partial charge is 0.384 e. The molecular formula is C18H20N4O2. The topological polar surface area (TPSA) is 93.4 Å². The fourth-order valence-corrected chi connectivity index (χ4v) is 3.61. The van der Waals surface area contributed by atoms with Crippen molar-refractivity contribution in [2.24, 2.45) is 10.9 Å². The van der Waals surface area contributed by atoms with Crippen molar-refractivity contribution in [3.63, 3.8) is 0 Å². The molecule has 24 heavy (non-hydrogen) atoms. The SMILES string of the molecule is Cc1ccccc1C1(C(N)=NOC(=O)c2n[nH]c3c2CCC3)CC1. The molecule has 0 spiro atoms. The molecule has 124 valence electrons. The van der Waals surface area contributed by atoms with E-state index in [0.29, 0.717) is 11.5 Å². The summed E-state index contributed by atoms with van der Waals surface area (Å²) in [6, 6.07) is 8.12. The third kappa shape index (κ3) is 2.29. The minimum Gasteiger partial charge on any atom is -0.384 e. The number of nitrogens with one attached hydrogen (secondary N) is 1. The lowest BCUT2D eigenvalue weighted by molar-refractivity contribution is 0.0505. The highest BCUT2D eigenvalue weighted by atomic mass is 16.7. The molecule has 0 unspecified atom stereocenters. The van der Waals surface area contributed by atoms with Gasteiger partial charge in [-0.15, -0.1) is 0 Å². The molecule has 0 bridgehead atoms. The van der Waals surface area contributed by atoms with Gasteiger partial charge in [-0.2, -0.15) is 5.10 Å². The van der Waals surface area contributed by atoms with Gasteiger partial charge in [0, 0.05) is 11.3 Å². The van der Waals surface area contributed by atoms with E-state index in [2.05, 4.69) is 34.4 Å². The molecule has 2 aliphatic rings. The Kier molecular flexibility index (Phi) is 3.40. The highest BCUT2D eigenvalue weighted by molar-refractivity contribution is 5.96. The maximum absolute atomic E-state index is 12.3. The van der Waals surface area contributed by atoms with Crippen molar-refractivity contribution in [2.75, 3.05) is 0 Å². The van der Waals surface area contributed by atoms with Crippen molar-refractivity contribution in [1.29, 1.82) is 0 Å². The third-order valence-corrected chi connectivity index (χ3v) is 5.13. The lowest BCUT2D eigenvalue weighted by atomic mass is 9.91. The Hall–Kier alpha value is -2.63. The van der Waals surface area contributed by atoms with Crippen LogP contribution in [-0.4, -0.2) is 22.0 Å². The number of carbonyl (C=O) groups excluding carboxylic acids is 1. The Labute approximate surface area is 140 Å². The fourth-order valence-electron chi connectivity index (χ4n) is 3.61. The van der Waals surface area contributed by atoms with Gasteiger partial charge < -0.3 is 10.6 Å². The van der Waals surface area contributed by atoms with E-state index in [9.17, 15) is 4.79 Å². The summed E-state index contributed by atoms with van der Waals surface area (Å²) in [4.78, 5) is 17.4. The van der Waals surface area contributed by atoms with Gasteiger partial charge in [0.25, 0.3) is 0 Å².